The summed E-state index contributed by atoms with van der Waals surface area (Å²) in [7, 11) is 2.94. The maximum Gasteiger partial charge on any atom is 0.269 e. The molecule has 0 aliphatic heterocycles. The Balaban J connectivity index is 2.07. The Labute approximate surface area is 144 Å². The third kappa shape index (κ3) is 4.16. The van der Waals surface area contributed by atoms with Crippen LogP contribution in [0, 0.1) is 0 Å². The molecule has 0 spiro atoms. The fourth-order valence-electron chi connectivity index (χ4n) is 1.96. The van der Waals surface area contributed by atoms with Crippen LogP contribution in [0.1, 0.15) is 23.7 Å². The minimum Gasteiger partial charge on any atom is -0.496 e. The van der Waals surface area contributed by atoms with Crippen LogP contribution < -0.4 is 20.1 Å². The lowest BCUT2D eigenvalue weighted by molar-refractivity contribution is 0.0971. The van der Waals surface area contributed by atoms with Crippen LogP contribution >= 0.6 is 12.2 Å². The first-order valence-electron chi connectivity index (χ1n) is 7.20. The van der Waals surface area contributed by atoms with Crippen molar-refractivity contribution in [3.05, 3.63) is 23.8 Å². The Morgan fingerprint density at radius 2 is 1.96 bits per heavy atom. The number of aryl methyl sites for hydroxylation is 1. The van der Waals surface area contributed by atoms with Crippen LogP contribution in [0.2, 0.25) is 0 Å². The first-order valence-corrected chi connectivity index (χ1v) is 7.61. The van der Waals surface area contributed by atoms with E-state index in [2.05, 4.69) is 26.0 Å². The Morgan fingerprint density at radius 3 is 2.54 bits per heavy atom. The molecule has 0 atom stereocenters. The highest BCUT2D eigenvalue weighted by atomic mass is 32.1. The van der Waals surface area contributed by atoms with Crippen LogP contribution in [0.25, 0.3) is 0 Å². The number of thiocarbonyl (C=S) groups is 1. The first kappa shape index (κ1) is 17.6. The van der Waals surface area contributed by atoms with Crippen molar-refractivity contribution >= 4 is 29.2 Å². The second-order valence-electron chi connectivity index (χ2n) is 4.65. The van der Waals surface area contributed by atoms with Gasteiger partial charge in [0.1, 0.15) is 17.1 Å². The van der Waals surface area contributed by atoms with E-state index < -0.39 is 5.91 Å². The lowest BCUT2D eigenvalue weighted by Gasteiger charge is -2.13. The van der Waals surface area contributed by atoms with Crippen molar-refractivity contribution in [2.24, 2.45) is 0 Å². The molecule has 9 nitrogen and oxygen atoms in total. The number of tetrazole rings is 1. The van der Waals surface area contributed by atoms with Gasteiger partial charge in [0, 0.05) is 0 Å². The molecule has 10 heteroatoms. The number of nitrogens with zero attached hydrogens (tertiary/aromatic N) is 4. The number of hydrogen-bond donors (Lipinski definition) is 2. The van der Waals surface area contributed by atoms with Gasteiger partial charge in [-0.25, -0.2) is 0 Å². The number of aromatic nitrogens is 4. The average molecular weight is 350 g/mol. The number of amides is 1. The molecule has 1 amide bonds. The number of rotatable bonds is 6. The van der Waals surface area contributed by atoms with Crippen molar-refractivity contribution < 1.29 is 14.3 Å². The van der Waals surface area contributed by atoms with E-state index in [4.69, 9.17) is 21.7 Å². The normalized spacial score (nSPS) is 10.1. The number of carbonyl (C=O) groups is 1. The van der Waals surface area contributed by atoms with Gasteiger partial charge in [0.2, 0.25) is 0 Å². The van der Waals surface area contributed by atoms with Gasteiger partial charge >= 0.3 is 0 Å². The highest BCUT2D eigenvalue weighted by Gasteiger charge is 2.19. The number of nitrogens with one attached hydrogen (secondary N) is 2. The molecule has 128 valence electrons. The Hall–Kier alpha value is -2.75. The molecule has 0 saturated heterocycles. The van der Waals surface area contributed by atoms with E-state index in [-0.39, 0.29) is 16.6 Å². The van der Waals surface area contributed by atoms with E-state index in [9.17, 15) is 4.79 Å². The molecular weight excluding hydrogens is 332 g/mol. The van der Waals surface area contributed by atoms with Gasteiger partial charge in [-0.2, -0.15) is 4.80 Å². The Morgan fingerprint density at radius 1 is 1.29 bits per heavy atom. The van der Waals surface area contributed by atoms with E-state index in [0.717, 1.165) is 6.42 Å². The quantitative estimate of drug-likeness (QED) is 0.750. The molecule has 2 aromatic rings. The monoisotopic (exact) mass is 350 g/mol. The molecule has 0 bridgehead atoms. The summed E-state index contributed by atoms with van der Waals surface area (Å²) in [5.41, 5.74) is 0.245. The van der Waals surface area contributed by atoms with Crippen molar-refractivity contribution in [2.75, 3.05) is 19.5 Å². The summed E-state index contributed by atoms with van der Waals surface area (Å²) in [6.45, 7) is 2.65. The van der Waals surface area contributed by atoms with Gasteiger partial charge < -0.3 is 9.47 Å². The SMILES string of the molecule is CCCn1nnc(NC(=S)NC(=O)c2c(OC)cccc2OC)n1. The summed E-state index contributed by atoms with van der Waals surface area (Å²) in [4.78, 5) is 13.9. The van der Waals surface area contributed by atoms with E-state index in [0.29, 0.717) is 18.0 Å². The molecule has 0 aliphatic carbocycles. The van der Waals surface area contributed by atoms with Gasteiger partial charge in [-0.3, -0.25) is 15.4 Å². The summed E-state index contributed by atoms with van der Waals surface area (Å²) in [6.07, 6.45) is 0.880. The summed E-state index contributed by atoms with van der Waals surface area (Å²) >= 11 is 5.10. The topological polar surface area (TPSA) is 103 Å². The van der Waals surface area contributed by atoms with Crippen molar-refractivity contribution in [3.8, 4) is 11.5 Å². The summed E-state index contributed by atoms with van der Waals surface area (Å²) in [5, 5.41) is 17.0. The van der Waals surface area contributed by atoms with E-state index in [1.165, 1.54) is 19.0 Å². The summed E-state index contributed by atoms with van der Waals surface area (Å²) in [6, 6.07) is 5.04. The molecular formula is C14H18N6O3S. The second-order valence-corrected chi connectivity index (χ2v) is 5.06. The molecule has 1 aromatic carbocycles. The number of carbonyl (C=O) groups excluding carboxylic acids is 1. The predicted octanol–water partition coefficient (Wildman–Crippen LogP) is 1.23. The third-order valence-electron chi connectivity index (χ3n) is 2.98. The van der Waals surface area contributed by atoms with E-state index in [1.807, 2.05) is 6.92 Å². The molecule has 24 heavy (non-hydrogen) atoms. The molecule has 0 radical (unpaired) electrons. The lowest BCUT2D eigenvalue weighted by atomic mass is 10.1. The maximum absolute atomic E-state index is 12.5. The van der Waals surface area contributed by atoms with Crippen molar-refractivity contribution in [1.82, 2.24) is 25.5 Å². The summed E-state index contributed by atoms with van der Waals surface area (Å²) in [5.74, 6) is 0.492. The summed E-state index contributed by atoms with van der Waals surface area (Å²) < 4.78 is 10.4. The molecule has 1 heterocycles. The Kier molecular flexibility index (Phi) is 6.01. The molecule has 1 aromatic heterocycles. The standard InChI is InChI=1S/C14H18N6O3S/c1-4-8-20-18-13(17-19-20)16-14(24)15-12(21)11-9(22-2)6-5-7-10(11)23-3/h5-7H,4,8H2,1-3H3,(H2,15,16,18,21,24). The highest BCUT2D eigenvalue weighted by molar-refractivity contribution is 7.80. The zero-order valence-corrected chi connectivity index (χ0v) is 14.4. The average Bonchev–Trinajstić information content (AvgIpc) is 3.01. The van der Waals surface area contributed by atoms with Gasteiger partial charge in [0.15, 0.2) is 5.11 Å². The van der Waals surface area contributed by atoms with Gasteiger partial charge in [0.25, 0.3) is 11.9 Å². The number of anilines is 1. The molecule has 0 aliphatic rings. The van der Waals surface area contributed by atoms with Crippen molar-refractivity contribution in [3.63, 3.8) is 0 Å². The van der Waals surface area contributed by atoms with Crippen LogP contribution in [0.4, 0.5) is 5.95 Å². The number of methoxy groups -OCH3 is 2. The van der Waals surface area contributed by atoms with Gasteiger partial charge in [-0.15, -0.1) is 5.10 Å². The second kappa shape index (κ2) is 8.20. The minimum atomic E-state index is -0.470. The number of ether oxygens (including phenoxy) is 2. The smallest absolute Gasteiger partial charge is 0.269 e. The minimum absolute atomic E-state index is 0.0454. The van der Waals surface area contributed by atoms with Crippen LogP contribution in [0.15, 0.2) is 18.2 Å². The predicted molar refractivity (Wildman–Crippen MR) is 91.3 cm³/mol. The van der Waals surface area contributed by atoms with Gasteiger partial charge in [0.05, 0.1) is 20.8 Å². The Bertz CT molecular complexity index is 711. The van der Waals surface area contributed by atoms with Crippen LogP contribution in [0.5, 0.6) is 11.5 Å². The first-order chi connectivity index (χ1) is 11.6. The van der Waals surface area contributed by atoms with Crippen LogP contribution in [-0.4, -0.2) is 45.4 Å². The van der Waals surface area contributed by atoms with Crippen LogP contribution in [0.3, 0.4) is 0 Å². The lowest BCUT2D eigenvalue weighted by Crippen LogP contribution is -2.34. The number of hydrogen-bond acceptors (Lipinski definition) is 7. The van der Waals surface area contributed by atoms with Gasteiger partial charge in [-0.05, 0) is 36.0 Å². The fraction of sp³-hybridized carbons (Fsp3) is 0.357. The van der Waals surface area contributed by atoms with E-state index in [1.54, 1.807) is 18.2 Å². The van der Waals surface area contributed by atoms with E-state index >= 15 is 0 Å². The maximum atomic E-state index is 12.5. The highest BCUT2D eigenvalue weighted by Crippen LogP contribution is 2.27. The number of benzene rings is 1. The molecule has 2 rings (SSSR count). The largest absolute Gasteiger partial charge is 0.496 e. The fourth-order valence-corrected chi connectivity index (χ4v) is 2.15. The van der Waals surface area contributed by atoms with Crippen LogP contribution in [-0.2, 0) is 6.54 Å². The zero-order chi connectivity index (χ0) is 17.5. The van der Waals surface area contributed by atoms with Gasteiger partial charge in [-0.1, -0.05) is 18.1 Å². The molecule has 0 unspecified atom stereocenters. The zero-order valence-electron chi connectivity index (χ0n) is 13.6. The molecule has 2 N–H and O–H groups in total. The molecule has 0 fully saturated rings. The van der Waals surface area contributed by atoms with Crippen molar-refractivity contribution in [2.45, 2.75) is 19.9 Å². The third-order valence-corrected chi connectivity index (χ3v) is 3.19. The molecule has 0 saturated carbocycles. The van der Waals surface area contributed by atoms with Crippen molar-refractivity contribution in [1.29, 1.82) is 0 Å².